The van der Waals surface area contributed by atoms with Gasteiger partial charge < -0.3 is 0 Å². The molecule has 0 radical (unpaired) electrons. The van der Waals surface area contributed by atoms with E-state index in [1.54, 1.807) is 30.3 Å². The maximum Gasteiger partial charge on any atom is 0.243 e. The molecule has 0 N–H and O–H groups in total. The number of nitrogens with zero attached hydrogens (tertiary/aromatic N) is 1. The highest BCUT2D eigenvalue weighted by atomic mass is 32.2. The van der Waals surface area contributed by atoms with Crippen LogP contribution < -0.4 is 0 Å². The summed E-state index contributed by atoms with van der Waals surface area (Å²) in [6.45, 7) is 0.958. The van der Waals surface area contributed by atoms with Crippen molar-refractivity contribution >= 4 is 10.0 Å². The van der Waals surface area contributed by atoms with Gasteiger partial charge in [-0.05, 0) is 18.6 Å². The van der Waals surface area contributed by atoms with Crippen LogP contribution in [0.3, 0.4) is 0 Å². The van der Waals surface area contributed by atoms with E-state index in [1.165, 1.54) is 4.31 Å². The molecule has 1 fully saturated rings. The Morgan fingerprint density at radius 2 is 2.00 bits per heavy atom. The van der Waals surface area contributed by atoms with E-state index in [-0.39, 0.29) is 5.92 Å². The van der Waals surface area contributed by atoms with Crippen molar-refractivity contribution in [1.82, 2.24) is 4.31 Å². The smallest absolute Gasteiger partial charge is 0.207 e. The van der Waals surface area contributed by atoms with E-state index >= 15 is 0 Å². The van der Waals surface area contributed by atoms with Crippen molar-refractivity contribution in [2.24, 2.45) is 5.92 Å². The van der Waals surface area contributed by atoms with E-state index in [1.807, 2.05) is 0 Å². The van der Waals surface area contributed by atoms with Gasteiger partial charge in [0.05, 0.1) is 4.90 Å². The van der Waals surface area contributed by atoms with Gasteiger partial charge in [-0.2, -0.15) is 4.31 Å². The fourth-order valence-corrected chi connectivity index (χ4v) is 3.35. The second-order valence-electron chi connectivity index (χ2n) is 3.83. The second-order valence-corrected chi connectivity index (χ2v) is 5.77. The molecule has 1 aromatic rings. The van der Waals surface area contributed by atoms with Gasteiger partial charge in [0.25, 0.3) is 0 Å². The van der Waals surface area contributed by atoms with Gasteiger partial charge in [-0.3, -0.25) is 0 Å². The normalized spacial score (nSPS) is 21.8. The number of rotatable bonds is 2. The third-order valence-corrected chi connectivity index (χ3v) is 4.65. The lowest BCUT2D eigenvalue weighted by Crippen LogP contribution is -2.28. The number of hydrogen-bond acceptors (Lipinski definition) is 2. The molecular weight excluding hydrogens is 222 g/mol. The first-order valence-electron chi connectivity index (χ1n) is 5.16. The van der Waals surface area contributed by atoms with Crippen LogP contribution in [0.1, 0.15) is 6.42 Å². The van der Waals surface area contributed by atoms with Crippen molar-refractivity contribution in [1.29, 1.82) is 0 Å². The van der Waals surface area contributed by atoms with Crippen LogP contribution in [0.25, 0.3) is 0 Å². The summed E-state index contributed by atoms with van der Waals surface area (Å²) >= 11 is 0. The minimum Gasteiger partial charge on any atom is -0.207 e. The molecule has 0 spiro atoms. The molecule has 0 aliphatic carbocycles. The summed E-state index contributed by atoms with van der Waals surface area (Å²) < 4.78 is 25.8. The Balaban J connectivity index is 2.26. The largest absolute Gasteiger partial charge is 0.243 e. The zero-order valence-corrected chi connectivity index (χ0v) is 9.65. The molecule has 1 saturated heterocycles. The number of sulfonamides is 1. The van der Waals surface area contributed by atoms with E-state index in [2.05, 4.69) is 5.92 Å². The summed E-state index contributed by atoms with van der Waals surface area (Å²) in [4.78, 5) is 0.340. The first kappa shape index (κ1) is 11.2. The molecule has 4 heteroatoms. The van der Waals surface area contributed by atoms with Gasteiger partial charge >= 0.3 is 0 Å². The van der Waals surface area contributed by atoms with Gasteiger partial charge in [0.15, 0.2) is 0 Å². The van der Waals surface area contributed by atoms with Gasteiger partial charge in [0.1, 0.15) is 0 Å². The maximum atomic E-state index is 12.2. The van der Waals surface area contributed by atoms with Crippen molar-refractivity contribution in [3.05, 3.63) is 30.3 Å². The fraction of sp³-hybridized carbons (Fsp3) is 0.333. The van der Waals surface area contributed by atoms with Crippen molar-refractivity contribution in [2.75, 3.05) is 13.1 Å². The molecule has 2 rings (SSSR count). The number of benzene rings is 1. The second kappa shape index (κ2) is 4.28. The van der Waals surface area contributed by atoms with Crippen LogP contribution in [0.15, 0.2) is 35.2 Å². The predicted molar refractivity (Wildman–Crippen MR) is 62.1 cm³/mol. The average molecular weight is 235 g/mol. The van der Waals surface area contributed by atoms with E-state index in [0.717, 1.165) is 6.42 Å². The zero-order valence-electron chi connectivity index (χ0n) is 8.83. The Bertz CT molecular complexity index is 502. The highest BCUT2D eigenvalue weighted by Gasteiger charge is 2.31. The van der Waals surface area contributed by atoms with E-state index < -0.39 is 10.0 Å². The lowest BCUT2D eigenvalue weighted by molar-refractivity contribution is 0.471. The van der Waals surface area contributed by atoms with Crippen molar-refractivity contribution in [2.45, 2.75) is 11.3 Å². The highest BCUT2D eigenvalue weighted by Crippen LogP contribution is 2.23. The molecule has 1 aliphatic rings. The van der Waals surface area contributed by atoms with E-state index in [9.17, 15) is 8.42 Å². The monoisotopic (exact) mass is 235 g/mol. The Kier molecular flexibility index (Phi) is 2.99. The molecule has 1 atom stereocenters. The molecule has 1 aliphatic heterocycles. The van der Waals surface area contributed by atoms with Gasteiger partial charge in [-0.1, -0.05) is 18.2 Å². The van der Waals surface area contributed by atoms with Crippen LogP contribution in [0.4, 0.5) is 0 Å². The molecule has 1 unspecified atom stereocenters. The first-order chi connectivity index (χ1) is 7.64. The molecule has 16 heavy (non-hydrogen) atoms. The van der Waals surface area contributed by atoms with Crippen molar-refractivity contribution in [3.8, 4) is 12.3 Å². The van der Waals surface area contributed by atoms with Crippen LogP contribution in [-0.2, 0) is 10.0 Å². The molecule has 0 bridgehead atoms. The molecule has 0 saturated carbocycles. The lowest BCUT2D eigenvalue weighted by Gasteiger charge is -2.15. The standard InChI is InChI=1S/C12H13NO2S/c1-2-11-8-9-13(10-11)16(14,15)12-6-4-3-5-7-12/h1,3-7,11H,8-10H2. The third-order valence-electron chi connectivity index (χ3n) is 2.77. The SMILES string of the molecule is C#CC1CCN(S(=O)(=O)c2ccccc2)C1. The Morgan fingerprint density at radius 1 is 1.31 bits per heavy atom. The Hall–Kier alpha value is -1.31. The minimum atomic E-state index is -3.34. The molecule has 1 aromatic carbocycles. The number of hydrogen-bond donors (Lipinski definition) is 0. The summed E-state index contributed by atoms with van der Waals surface area (Å²) in [6, 6.07) is 8.47. The van der Waals surface area contributed by atoms with Gasteiger partial charge in [0, 0.05) is 19.0 Å². The minimum absolute atomic E-state index is 0.0542. The maximum absolute atomic E-state index is 12.2. The summed E-state index contributed by atoms with van der Waals surface area (Å²) in [5.74, 6) is 2.67. The van der Waals surface area contributed by atoms with Gasteiger partial charge in [-0.25, -0.2) is 8.42 Å². The molecule has 1 heterocycles. The lowest BCUT2D eigenvalue weighted by atomic mass is 10.1. The van der Waals surface area contributed by atoms with Crippen molar-refractivity contribution in [3.63, 3.8) is 0 Å². The highest BCUT2D eigenvalue weighted by molar-refractivity contribution is 7.89. The van der Waals surface area contributed by atoms with E-state index in [0.29, 0.717) is 18.0 Å². The quantitative estimate of drug-likeness (QED) is 0.725. The Labute approximate surface area is 96.1 Å². The molecule has 0 amide bonds. The van der Waals surface area contributed by atoms with Gasteiger partial charge in [0.2, 0.25) is 10.0 Å². The topological polar surface area (TPSA) is 37.4 Å². The predicted octanol–water partition coefficient (Wildman–Crippen LogP) is 1.33. The van der Waals surface area contributed by atoms with Crippen LogP contribution >= 0.6 is 0 Å². The molecule has 3 nitrogen and oxygen atoms in total. The van der Waals surface area contributed by atoms with E-state index in [4.69, 9.17) is 6.42 Å². The Morgan fingerprint density at radius 3 is 2.56 bits per heavy atom. The third kappa shape index (κ3) is 1.97. The van der Waals surface area contributed by atoms with Crippen LogP contribution in [0.2, 0.25) is 0 Å². The summed E-state index contributed by atoms with van der Waals surface area (Å²) in [6.07, 6.45) is 6.06. The summed E-state index contributed by atoms with van der Waals surface area (Å²) in [7, 11) is -3.34. The number of terminal acetylenes is 1. The average Bonchev–Trinajstić information content (AvgIpc) is 2.79. The van der Waals surface area contributed by atoms with Crippen LogP contribution in [0, 0.1) is 18.3 Å². The zero-order chi connectivity index (χ0) is 11.6. The molecular formula is C12H13NO2S. The molecule has 84 valence electrons. The van der Waals surface area contributed by atoms with Gasteiger partial charge in [-0.15, -0.1) is 12.3 Å². The van der Waals surface area contributed by atoms with Crippen LogP contribution in [-0.4, -0.2) is 25.8 Å². The fourth-order valence-electron chi connectivity index (χ4n) is 1.82. The van der Waals surface area contributed by atoms with Crippen molar-refractivity contribution < 1.29 is 8.42 Å². The van der Waals surface area contributed by atoms with Crippen LogP contribution in [0.5, 0.6) is 0 Å². The first-order valence-corrected chi connectivity index (χ1v) is 6.60. The summed E-state index contributed by atoms with van der Waals surface area (Å²) in [5, 5.41) is 0. The summed E-state index contributed by atoms with van der Waals surface area (Å²) in [5.41, 5.74) is 0. The molecule has 0 aromatic heterocycles.